The van der Waals surface area contributed by atoms with Gasteiger partial charge >= 0.3 is 0 Å². The first-order chi connectivity index (χ1) is 13.7. The van der Waals surface area contributed by atoms with Crippen LogP contribution in [0.3, 0.4) is 0 Å². The molecule has 0 atom stereocenters. The van der Waals surface area contributed by atoms with Gasteiger partial charge in [-0.25, -0.2) is 0 Å². The first kappa shape index (κ1) is 19.9. The Morgan fingerprint density at radius 3 is 1.36 bits per heavy atom. The summed E-state index contributed by atoms with van der Waals surface area (Å²) < 4.78 is 12.1. The van der Waals surface area contributed by atoms with Crippen molar-refractivity contribution >= 4 is 41.1 Å². The predicted octanol–water partition coefficient (Wildman–Crippen LogP) is 5.24. The summed E-state index contributed by atoms with van der Waals surface area (Å²) in [6.45, 7) is 15.3. The Labute approximate surface area is 171 Å². The average Bonchev–Trinajstić information content (AvgIpc) is 2.73. The molecule has 2 nitrogen and oxygen atoms in total. The van der Waals surface area contributed by atoms with Crippen molar-refractivity contribution < 1.29 is 8.85 Å². The summed E-state index contributed by atoms with van der Waals surface area (Å²) in [5, 5.41) is 4.73. The minimum atomic E-state index is -0.774. The SMILES string of the molecule is C=CC(C=C)[SiH2]Oc1ccc2cc3ccc(O[SiH2]C(C=C)C=C)cc3cc2c1. The molecule has 28 heavy (non-hydrogen) atoms. The zero-order valence-electron chi connectivity index (χ0n) is 16.1. The molecule has 4 heteroatoms. The van der Waals surface area contributed by atoms with E-state index in [4.69, 9.17) is 8.85 Å². The van der Waals surface area contributed by atoms with Crippen molar-refractivity contribution in [2.24, 2.45) is 0 Å². The third-order valence-electron chi connectivity index (χ3n) is 4.83. The Morgan fingerprint density at radius 2 is 0.964 bits per heavy atom. The lowest BCUT2D eigenvalue weighted by Gasteiger charge is -2.12. The molecule has 0 radical (unpaired) electrons. The van der Waals surface area contributed by atoms with Gasteiger partial charge in [0.05, 0.1) is 0 Å². The molecule has 3 rings (SSSR count). The lowest BCUT2D eigenvalue weighted by atomic mass is 10.0. The van der Waals surface area contributed by atoms with Crippen molar-refractivity contribution in [1.29, 1.82) is 0 Å². The van der Waals surface area contributed by atoms with E-state index in [9.17, 15) is 0 Å². The molecule has 0 aliphatic heterocycles. The fourth-order valence-corrected chi connectivity index (χ4v) is 4.66. The van der Waals surface area contributed by atoms with Crippen molar-refractivity contribution in [2.75, 3.05) is 0 Å². The van der Waals surface area contributed by atoms with Crippen LogP contribution in [0.1, 0.15) is 0 Å². The third-order valence-corrected chi connectivity index (χ3v) is 7.94. The van der Waals surface area contributed by atoms with E-state index in [2.05, 4.69) is 62.7 Å². The van der Waals surface area contributed by atoms with Gasteiger partial charge in [-0.2, -0.15) is 0 Å². The number of benzene rings is 3. The van der Waals surface area contributed by atoms with Gasteiger partial charge in [0.15, 0.2) is 0 Å². The minimum Gasteiger partial charge on any atom is -0.548 e. The maximum absolute atomic E-state index is 6.04. The topological polar surface area (TPSA) is 18.5 Å². The van der Waals surface area contributed by atoms with E-state index in [1.807, 2.05) is 36.4 Å². The molecule has 0 saturated heterocycles. The van der Waals surface area contributed by atoms with Gasteiger partial charge < -0.3 is 8.85 Å². The van der Waals surface area contributed by atoms with Crippen LogP contribution in [-0.4, -0.2) is 19.5 Å². The van der Waals surface area contributed by atoms with Gasteiger partial charge in [-0.05, 0) is 57.9 Å². The van der Waals surface area contributed by atoms with Crippen LogP contribution in [0, 0.1) is 0 Å². The molecule has 0 spiro atoms. The maximum Gasteiger partial charge on any atom is 0.230 e. The smallest absolute Gasteiger partial charge is 0.230 e. The summed E-state index contributed by atoms with van der Waals surface area (Å²) in [4.78, 5) is 0. The second-order valence-corrected chi connectivity index (χ2v) is 9.89. The molecule has 0 unspecified atom stereocenters. The van der Waals surface area contributed by atoms with Crippen LogP contribution in [0.25, 0.3) is 21.5 Å². The largest absolute Gasteiger partial charge is 0.548 e. The Hall–Kier alpha value is -2.83. The molecule has 0 heterocycles. The standard InChI is InChI=1S/C24H26O2Si2/c1-5-23(6-2)27-25-21-11-9-17-13-18-10-12-22(26-28-24(7-3)8-4)16-20(18)14-19(17)15-21/h5-16,23-24H,1-4,27-28H2. The van der Waals surface area contributed by atoms with Gasteiger partial charge in [0.1, 0.15) is 11.5 Å². The van der Waals surface area contributed by atoms with Crippen LogP contribution in [0.5, 0.6) is 11.5 Å². The number of rotatable bonds is 10. The quantitative estimate of drug-likeness (QED) is 0.262. The van der Waals surface area contributed by atoms with E-state index >= 15 is 0 Å². The summed E-state index contributed by atoms with van der Waals surface area (Å²) in [5.74, 6) is 1.82. The van der Waals surface area contributed by atoms with Crippen LogP contribution in [0.2, 0.25) is 11.1 Å². The van der Waals surface area contributed by atoms with Gasteiger partial charge in [0.2, 0.25) is 19.5 Å². The third kappa shape index (κ3) is 4.71. The number of fused-ring (bicyclic) bond motifs is 2. The van der Waals surface area contributed by atoms with Crippen molar-refractivity contribution in [2.45, 2.75) is 11.1 Å². The Morgan fingerprint density at radius 1 is 0.571 bits per heavy atom. The van der Waals surface area contributed by atoms with Gasteiger partial charge in [-0.15, -0.1) is 26.3 Å². The lowest BCUT2D eigenvalue weighted by Crippen LogP contribution is -2.07. The molecule has 0 aromatic heterocycles. The van der Waals surface area contributed by atoms with E-state index in [0.717, 1.165) is 22.3 Å². The molecular formula is C24H26O2Si2. The molecule has 0 saturated carbocycles. The fourth-order valence-electron chi connectivity index (χ4n) is 2.98. The van der Waals surface area contributed by atoms with Crippen molar-refractivity contribution in [3.63, 3.8) is 0 Å². The monoisotopic (exact) mass is 402 g/mol. The molecule has 0 aliphatic rings. The van der Waals surface area contributed by atoms with E-state index in [-0.39, 0.29) is 11.1 Å². The van der Waals surface area contributed by atoms with E-state index < -0.39 is 19.5 Å². The van der Waals surface area contributed by atoms with Gasteiger partial charge in [0.25, 0.3) is 0 Å². The van der Waals surface area contributed by atoms with E-state index in [1.54, 1.807) is 0 Å². The summed E-state index contributed by atoms with van der Waals surface area (Å²) in [6.07, 6.45) is 7.62. The minimum absolute atomic E-state index is 0.283. The maximum atomic E-state index is 6.04. The zero-order chi connectivity index (χ0) is 19.9. The Kier molecular flexibility index (Phi) is 6.68. The number of hydrogen-bond acceptors (Lipinski definition) is 2. The zero-order valence-corrected chi connectivity index (χ0v) is 19.0. The highest BCUT2D eigenvalue weighted by atomic mass is 28.2. The molecule has 142 valence electrons. The van der Waals surface area contributed by atoms with Crippen LogP contribution < -0.4 is 8.85 Å². The molecule has 0 aliphatic carbocycles. The van der Waals surface area contributed by atoms with Crippen molar-refractivity contribution in [1.82, 2.24) is 0 Å². The predicted molar refractivity (Wildman–Crippen MR) is 128 cm³/mol. The molecule has 3 aromatic rings. The second-order valence-electron chi connectivity index (χ2n) is 6.76. The van der Waals surface area contributed by atoms with Crippen LogP contribution in [0.4, 0.5) is 0 Å². The van der Waals surface area contributed by atoms with E-state index in [1.165, 1.54) is 10.8 Å². The summed E-state index contributed by atoms with van der Waals surface area (Å²) >= 11 is 0. The van der Waals surface area contributed by atoms with E-state index in [0.29, 0.717) is 0 Å². The second kappa shape index (κ2) is 9.39. The highest BCUT2D eigenvalue weighted by Crippen LogP contribution is 2.29. The first-order valence-corrected chi connectivity index (χ1v) is 12.2. The van der Waals surface area contributed by atoms with Crippen LogP contribution >= 0.6 is 0 Å². The highest BCUT2D eigenvalue weighted by molar-refractivity contribution is 6.33. The van der Waals surface area contributed by atoms with Gasteiger partial charge in [0, 0.05) is 11.1 Å². The number of allylic oxidation sites excluding steroid dienone is 4. The first-order valence-electron chi connectivity index (χ1n) is 9.40. The van der Waals surface area contributed by atoms with Gasteiger partial charge in [-0.3, -0.25) is 0 Å². The molecule has 0 fully saturated rings. The Bertz CT molecular complexity index is 931. The molecule has 0 bridgehead atoms. The highest BCUT2D eigenvalue weighted by Gasteiger charge is 2.06. The lowest BCUT2D eigenvalue weighted by molar-refractivity contribution is 0.591. The molecule has 0 amide bonds. The number of hydrogen-bond donors (Lipinski definition) is 0. The molecule has 3 aromatic carbocycles. The van der Waals surface area contributed by atoms with Gasteiger partial charge in [-0.1, -0.05) is 36.4 Å². The van der Waals surface area contributed by atoms with Crippen molar-refractivity contribution in [3.05, 3.63) is 99.2 Å². The average molecular weight is 403 g/mol. The summed E-state index contributed by atoms with van der Waals surface area (Å²) in [7, 11) is -1.55. The molecule has 0 N–H and O–H groups in total. The summed E-state index contributed by atoms with van der Waals surface area (Å²) in [6, 6.07) is 16.9. The normalized spacial score (nSPS) is 11.8. The van der Waals surface area contributed by atoms with Crippen LogP contribution in [-0.2, 0) is 0 Å². The van der Waals surface area contributed by atoms with Crippen LogP contribution in [0.15, 0.2) is 99.2 Å². The molecular weight excluding hydrogens is 376 g/mol. The Balaban J connectivity index is 1.85. The summed E-state index contributed by atoms with van der Waals surface area (Å²) in [5.41, 5.74) is 0.567. The van der Waals surface area contributed by atoms with Crippen molar-refractivity contribution in [3.8, 4) is 11.5 Å². The fraction of sp³-hybridized carbons (Fsp3) is 0.0833.